The molecule has 118 valence electrons. The van der Waals surface area contributed by atoms with Crippen LogP contribution in [0, 0.1) is 13.8 Å². The van der Waals surface area contributed by atoms with Crippen LogP contribution in [0.15, 0.2) is 60.8 Å². The molecule has 2 aromatic heterocycles. The second-order valence-electron chi connectivity index (χ2n) is 5.97. The van der Waals surface area contributed by atoms with Crippen LogP contribution in [0.1, 0.15) is 16.8 Å². The van der Waals surface area contributed by atoms with Gasteiger partial charge in [0.1, 0.15) is 5.69 Å². The lowest BCUT2D eigenvalue weighted by Crippen LogP contribution is -2.02. The molecule has 0 fully saturated rings. The molecule has 0 N–H and O–H groups in total. The second kappa shape index (κ2) is 5.89. The van der Waals surface area contributed by atoms with Gasteiger partial charge in [-0.1, -0.05) is 48.5 Å². The molecule has 0 bridgehead atoms. The van der Waals surface area contributed by atoms with Gasteiger partial charge in [0.15, 0.2) is 5.82 Å². The largest absolute Gasteiger partial charge is 0.260 e. The fourth-order valence-corrected chi connectivity index (χ4v) is 2.81. The van der Waals surface area contributed by atoms with E-state index < -0.39 is 0 Å². The molecule has 0 atom stereocenters. The Hall–Kier alpha value is -3.01. The minimum absolute atomic E-state index is 0.682. The predicted octanol–water partition coefficient (Wildman–Crippen LogP) is 4.16. The van der Waals surface area contributed by atoms with Gasteiger partial charge in [-0.05, 0) is 31.0 Å². The summed E-state index contributed by atoms with van der Waals surface area (Å²) in [6.07, 6.45) is 1.86. The number of hydrogen-bond acceptors (Lipinski definition) is 3. The topological polar surface area (TPSA) is 43.6 Å². The average molecular weight is 314 g/mol. The maximum atomic E-state index is 4.82. The monoisotopic (exact) mass is 314 g/mol. The standard InChI is InChI=1S/C20H18N4/c1-14-12-21-20(22-15(14)2)19-17-10-6-7-11-18(17)24(23-19)13-16-8-4-3-5-9-16/h3-12H,13H2,1-2H3. The van der Waals surface area contributed by atoms with Gasteiger partial charge >= 0.3 is 0 Å². The van der Waals surface area contributed by atoms with Crippen molar-refractivity contribution in [2.75, 3.05) is 0 Å². The molecule has 0 unspecified atom stereocenters. The molecule has 0 saturated carbocycles. The molecule has 0 amide bonds. The van der Waals surface area contributed by atoms with Crippen LogP contribution in [0.4, 0.5) is 0 Å². The van der Waals surface area contributed by atoms with E-state index in [4.69, 9.17) is 5.10 Å². The summed E-state index contributed by atoms with van der Waals surface area (Å²) in [7, 11) is 0. The third-order valence-corrected chi connectivity index (χ3v) is 4.27. The van der Waals surface area contributed by atoms with Crippen LogP contribution in [0.3, 0.4) is 0 Å². The highest BCUT2D eigenvalue weighted by Crippen LogP contribution is 2.26. The van der Waals surface area contributed by atoms with Gasteiger partial charge < -0.3 is 0 Å². The smallest absolute Gasteiger partial charge is 0.180 e. The highest BCUT2D eigenvalue weighted by atomic mass is 15.3. The highest BCUT2D eigenvalue weighted by molar-refractivity contribution is 5.91. The normalized spacial score (nSPS) is 11.1. The molecule has 2 aromatic carbocycles. The van der Waals surface area contributed by atoms with Crippen molar-refractivity contribution in [3.63, 3.8) is 0 Å². The van der Waals surface area contributed by atoms with E-state index in [1.54, 1.807) is 0 Å². The minimum atomic E-state index is 0.682. The summed E-state index contributed by atoms with van der Waals surface area (Å²) in [5.41, 5.74) is 5.23. The molecule has 0 aliphatic rings. The van der Waals surface area contributed by atoms with Gasteiger partial charge in [0, 0.05) is 17.3 Å². The molecule has 4 aromatic rings. The van der Waals surface area contributed by atoms with Crippen LogP contribution in [-0.2, 0) is 6.54 Å². The van der Waals surface area contributed by atoms with E-state index in [9.17, 15) is 0 Å². The van der Waals surface area contributed by atoms with E-state index in [-0.39, 0.29) is 0 Å². The number of aromatic nitrogens is 4. The van der Waals surface area contributed by atoms with E-state index in [1.807, 2.05) is 55.1 Å². The van der Waals surface area contributed by atoms with Crippen molar-refractivity contribution < 1.29 is 0 Å². The van der Waals surface area contributed by atoms with Crippen LogP contribution in [0.25, 0.3) is 22.4 Å². The Balaban J connectivity index is 1.86. The van der Waals surface area contributed by atoms with E-state index in [0.29, 0.717) is 5.82 Å². The lowest BCUT2D eigenvalue weighted by atomic mass is 10.2. The average Bonchev–Trinajstić information content (AvgIpc) is 2.97. The van der Waals surface area contributed by atoms with Gasteiger partial charge in [-0.15, -0.1) is 0 Å². The van der Waals surface area contributed by atoms with Crippen molar-refractivity contribution in [2.24, 2.45) is 0 Å². The number of para-hydroxylation sites is 1. The summed E-state index contributed by atoms with van der Waals surface area (Å²) >= 11 is 0. The molecule has 0 radical (unpaired) electrons. The molecule has 4 nitrogen and oxygen atoms in total. The third-order valence-electron chi connectivity index (χ3n) is 4.27. The van der Waals surface area contributed by atoms with Crippen LogP contribution < -0.4 is 0 Å². The maximum Gasteiger partial charge on any atom is 0.180 e. The quantitative estimate of drug-likeness (QED) is 0.570. The summed E-state index contributed by atoms with van der Waals surface area (Å²) in [6.45, 7) is 4.75. The zero-order chi connectivity index (χ0) is 16.5. The first-order valence-electron chi connectivity index (χ1n) is 8.02. The summed E-state index contributed by atoms with van der Waals surface area (Å²) in [4.78, 5) is 9.12. The fraction of sp³-hybridized carbons (Fsp3) is 0.150. The van der Waals surface area contributed by atoms with Gasteiger partial charge in [-0.25, -0.2) is 9.97 Å². The molecule has 0 aliphatic heterocycles. The summed E-state index contributed by atoms with van der Waals surface area (Å²) < 4.78 is 2.03. The first-order valence-corrected chi connectivity index (χ1v) is 8.02. The van der Waals surface area contributed by atoms with E-state index in [1.165, 1.54) is 5.56 Å². The highest BCUT2D eigenvalue weighted by Gasteiger charge is 2.15. The molecule has 2 heterocycles. The molecule has 4 rings (SSSR count). The SMILES string of the molecule is Cc1cnc(-c2nn(Cc3ccccc3)c3ccccc23)nc1C. The van der Waals surface area contributed by atoms with Crippen molar-refractivity contribution in [2.45, 2.75) is 20.4 Å². The number of nitrogens with zero attached hydrogens (tertiary/aromatic N) is 4. The van der Waals surface area contributed by atoms with Crippen molar-refractivity contribution in [1.29, 1.82) is 0 Å². The fourth-order valence-electron chi connectivity index (χ4n) is 2.81. The van der Waals surface area contributed by atoms with Gasteiger partial charge in [0.25, 0.3) is 0 Å². The lowest BCUT2D eigenvalue weighted by molar-refractivity contribution is 0.713. The van der Waals surface area contributed by atoms with Crippen molar-refractivity contribution in [1.82, 2.24) is 19.7 Å². The van der Waals surface area contributed by atoms with Crippen molar-refractivity contribution in [3.05, 3.63) is 77.6 Å². The Morgan fingerprint density at radius 1 is 0.917 bits per heavy atom. The van der Waals surface area contributed by atoms with Crippen LogP contribution >= 0.6 is 0 Å². The number of rotatable bonds is 3. The number of aryl methyl sites for hydroxylation is 2. The molecular formula is C20H18N4. The Morgan fingerprint density at radius 3 is 2.46 bits per heavy atom. The lowest BCUT2D eigenvalue weighted by Gasteiger charge is -2.03. The Kier molecular flexibility index (Phi) is 3.58. The van der Waals surface area contributed by atoms with E-state index >= 15 is 0 Å². The van der Waals surface area contributed by atoms with Crippen LogP contribution in [-0.4, -0.2) is 19.7 Å². The van der Waals surface area contributed by atoms with Gasteiger partial charge in [0.2, 0.25) is 0 Å². The zero-order valence-electron chi connectivity index (χ0n) is 13.8. The third kappa shape index (κ3) is 2.56. The molecule has 0 spiro atoms. The Morgan fingerprint density at radius 2 is 1.67 bits per heavy atom. The summed E-state index contributed by atoms with van der Waals surface area (Å²) in [5.74, 6) is 0.682. The van der Waals surface area contributed by atoms with Crippen LogP contribution in [0.2, 0.25) is 0 Å². The zero-order valence-corrected chi connectivity index (χ0v) is 13.8. The first-order chi connectivity index (χ1) is 11.7. The van der Waals surface area contributed by atoms with Crippen molar-refractivity contribution >= 4 is 10.9 Å². The number of fused-ring (bicyclic) bond motifs is 1. The second-order valence-corrected chi connectivity index (χ2v) is 5.97. The Labute approximate surface area is 140 Å². The van der Waals surface area contributed by atoms with Gasteiger partial charge in [-0.3, -0.25) is 4.68 Å². The summed E-state index contributed by atoms with van der Waals surface area (Å²) in [5, 5.41) is 5.90. The molecule has 0 saturated heterocycles. The number of hydrogen-bond donors (Lipinski definition) is 0. The molecular weight excluding hydrogens is 296 g/mol. The van der Waals surface area contributed by atoms with Crippen LogP contribution in [0.5, 0.6) is 0 Å². The molecule has 4 heteroatoms. The van der Waals surface area contributed by atoms with E-state index in [0.717, 1.165) is 34.4 Å². The van der Waals surface area contributed by atoms with E-state index in [2.05, 4.69) is 34.2 Å². The predicted molar refractivity (Wildman–Crippen MR) is 95.8 cm³/mol. The Bertz CT molecular complexity index is 1000. The summed E-state index contributed by atoms with van der Waals surface area (Å²) in [6, 6.07) is 18.6. The number of benzene rings is 2. The minimum Gasteiger partial charge on any atom is -0.260 e. The maximum absolute atomic E-state index is 4.82. The molecule has 24 heavy (non-hydrogen) atoms. The molecule has 0 aliphatic carbocycles. The first kappa shape index (κ1) is 14.6. The van der Waals surface area contributed by atoms with Gasteiger partial charge in [-0.2, -0.15) is 5.10 Å². The van der Waals surface area contributed by atoms with Gasteiger partial charge in [0.05, 0.1) is 12.1 Å². The van der Waals surface area contributed by atoms with Crippen molar-refractivity contribution in [3.8, 4) is 11.5 Å².